The monoisotopic (exact) mass is 422 g/mol. The molecule has 8 heteroatoms. The number of methoxy groups -OCH3 is 1. The molecule has 0 saturated heterocycles. The number of aryl methyl sites for hydroxylation is 1. The summed E-state index contributed by atoms with van der Waals surface area (Å²) in [4.78, 5) is 26.7. The SMILES string of the molecule is CCc1c(C(=O)Nc2ccc3c(c2)CCC(=O)N3COC)cnn1-c1ccc(F)cc1. The van der Waals surface area contributed by atoms with Gasteiger partial charge in [-0.05, 0) is 60.9 Å². The molecule has 0 saturated carbocycles. The number of amides is 2. The van der Waals surface area contributed by atoms with Crippen LogP contribution >= 0.6 is 0 Å². The molecule has 160 valence electrons. The molecule has 1 N–H and O–H groups in total. The third-order valence-corrected chi connectivity index (χ3v) is 5.32. The molecule has 7 nitrogen and oxygen atoms in total. The van der Waals surface area contributed by atoms with E-state index in [1.54, 1.807) is 34.9 Å². The number of hydrogen-bond donors (Lipinski definition) is 1. The van der Waals surface area contributed by atoms with Gasteiger partial charge in [0.15, 0.2) is 0 Å². The van der Waals surface area contributed by atoms with Gasteiger partial charge in [0.2, 0.25) is 5.91 Å². The third-order valence-electron chi connectivity index (χ3n) is 5.32. The second-order valence-corrected chi connectivity index (χ2v) is 7.28. The van der Waals surface area contributed by atoms with Crippen molar-refractivity contribution in [3.05, 3.63) is 71.3 Å². The lowest BCUT2D eigenvalue weighted by molar-refractivity contribution is -0.119. The van der Waals surface area contributed by atoms with Crippen LogP contribution in [-0.4, -0.2) is 35.4 Å². The molecule has 2 aromatic carbocycles. The molecule has 0 spiro atoms. The maximum atomic E-state index is 13.2. The summed E-state index contributed by atoms with van der Waals surface area (Å²) in [6.07, 6.45) is 3.12. The first kappa shape index (κ1) is 20.7. The Labute approximate surface area is 179 Å². The van der Waals surface area contributed by atoms with Crippen LogP contribution in [-0.2, 0) is 22.4 Å². The quantitative estimate of drug-likeness (QED) is 0.657. The number of ether oxygens (including phenoxy) is 1. The number of halogens is 1. The summed E-state index contributed by atoms with van der Waals surface area (Å²) in [7, 11) is 1.55. The van der Waals surface area contributed by atoms with Crippen molar-refractivity contribution in [2.75, 3.05) is 24.1 Å². The maximum absolute atomic E-state index is 13.2. The van der Waals surface area contributed by atoms with Crippen LogP contribution in [0, 0.1) is 5.82 Å². The van der Waals surface area contributed by atoms with Crippen molar-refractivity contribution >= 4 is 23.2 Å². The predicted octanol–water partition coefficient (Wildman–Crippen LogP) is 3.71. The van der Waals surface area contributed by atoms with Gasteiger partial charge in [-0.15, -0.1) is 0 Å². The Morgan fingerprint density at radius 1 is 1.19 bits per heavy atom. The molecule has 1 aliphatic rings. The van der Waals surface area contributed by atoms with Crippen molar-refractivity contribution in [1.82, 2.24) is 9.78 Å². The highest BCUT2D eigenvalue weighted by molar-refractivity contribution is 6.05. The van der Waals surface area contributed by atoms with Gasteiger partial charge in [-0.1, -0.05) is 6.92 Å². The lowest BCUT2D eigenvalue weighted by atomic mass is 10.0. The molecule has 0 atom stereocenters. The summed E-state index contributed by atoms with van der Waals surface area (Å²) in [6.45, 7) is 2.13. The smallest absolute Gasteiger partial charge is 0.259 e. The van der Waals surface area contributed by atoms with E-state index in [9.17, 15) is 14.0 Å². The molecular formula is C23H23FN4O3. The molecule has 0 aliphatic carbocycles. The van der Waals surface area contributed by atoms with Gasteiger partial charge in [-0.3, -0.25) is 14.5 Å². The van der Waals surface area contributed by atoms with Crippen molar-refractivity contribution in [2.24, 2.45) is 0 Å². The van der Waals surface area contributed by atoms with E-state index in [-0.39, 0.29) is 24.4 Å². The van der Waals surface area contributed by atoms with Gasteiger partial charge < -0.3 is 10.1 Å². The number of anilines is 2. The second-order valence-electron chi connectivity index (χ2n) is 7.28. The first-order valence-corrected chi connectivity index (χ1v) is 10.1. The number of carbonyl (C=O) groups excluding carboxylic acids is 2. The zero-order valence-electron chi connectivity index (χ0n) is 17.4. The number of hydrogen-bond acceptors (Lipinski definition) is 4. The Morgan fingerprint density at radius 3 is 2.68 bits per heavy atom. The van der Waals surface area contributed by atoms with E-state index in [2.05, 4.69) is 10.4 Å². The van der Waals surface area contributed by atoms with Crippen LogP contribution in [0.4, 0.5) is 15.8 Å². The summed E-state index contributed by atoms with van der Waals surface area (Å²) in [6, 6.07) is 11.5. The van der Waals surface area contributed by atoms with E-state index >= 15 is 0 Å². The van der Waals surface area contributed by atoms with Gasteiger partial charge in [0.05, 0.1) is 23.1 Å². The summed E-state index contributed by atoms with van der Waals surface area (Å²) < 4.78 is 20.0. The third kappa shape index (κ3) is 4.06. The molecule has 1 aliphatic heterocycles. The summed E-state index contributed by atoms with van der Waals surface area (Å²) in [5.74, 6) is -0.581. The summed E-state index contributed by atoms with van der Waals surface area (Å²) >= 11 is 0. The summed E-state index contributed by atoms with van der Waals surface area (Å²) in [5.41, 5.74) is 4.31. The van der Waals surface area contributed by atoms with E-state index in [0.29, 0.717) is 36.2 Å². The highest BCUT2D eigenvalue weighted by Gasteiger charge is 2.24. The molecule has 0 unspecified atom stereocenters. The van der Waals surface area contributed by atoms with E-state index in [4.69, 9.17) is 4.74 Å². The van der Waals surface area contributed by atoms with Crippen LogP contribution in [0.2, 0.25) is 0 Å². The van der Waals surface area contributed by atoms with Gasteiger partial charge >= 0.3 is 0 Å². The number of fused-ring (bicyclic) bond motifs is 1. The van der Waals surface area contributed by atoms with Crippen LogP contribution in [0.15, 0.2) is 48.7 Å². The van der Waals surface area contributed by atoms with Gasteiger partial charge in [-0.25, -0.2) is 9.07 Å². The highest BCUT2D eigenvalue weighted by Crippen LogP contribution is 2.30. The minimum atomic E-state index is -0.329. The topological polar surface area (TPSA) is 76.5 Å². The molecule has 2 heterocycles. The maximum Gasteiger partial charge on any atom is 0.259 e. The second kappa shape index (κ2) is 8.69. The predicted molar refractivity (Wildman–Crippen MR) is 115 cm³/mol. The Morgan fingerprint density at radius 2 is 1.97 bits per heavy atom. The Hall–Kier alpha value is -3.52. The van der Waals surface area contributed by atoms with Crippen LogP contribution in [0.1, 0.15) is 35.0 Å². The Kier molecular flexibility index (Phi) is 5.81. The van der Waals surface area contributed by atoms with Crippen LogP contribution in [0.5, 0.6) is 0 Å². The van der Waals surface area contributed by atoms with E-state index in [1.807, 2.05) is 19.1 Å². The minimum absolute atomic E-state index is 0.0203. The highest BCUT2D eigenvalue weighted by atomic mass is 19.1. The zero-order chi connectivity index (χ0) is 22.0. The number of aromatic nitrogens is 2. The largest absolute Gasteiger partial charge is 0.364 e. The Balaban J connectivity index is 1.58. The fourth-order valence-corrected chi connectivity index (χ4v) is 3.82. The molecule has 0 fully saturated rings. The molecule has 31 heavy (non-hydrogen) atoms. The number of rotatable bonds is 6. The van der Waals surface area contributed by atoms with Gasteiger partial charge in [-0.2, -0.15) is 5.10 Å². The van der Waals surface area contributed by atoms with Crippen LogP contribution < -0.4 is 10.2 Å². The number of benzene rings is 2. The van der Waals surface area contributed by atoms with Crippen molar-refractivity contribution in [3.8, 4) is 5.69 Å². The standard InChI is InChI=1S/C23H23FN4O3/c1-3-20-19(13-25-28(20)18-8-5-16(24)6-9-18)23(30)26-17-7-10-21-15(12-17)4-11-22(29)27(21)14-31-2/h5-10,12-13H,3-4,11,14H2,1-2H3,(H,26,30). The fourth-order valence-electron chi connectivity index (χ4n) is 3.82. The molecule has 2 amide bonds. The molecule has 0 bridgehead atoms. The number of nitrogens with zero attached hydrogens (tertiary/aromatic N) is 3. The average molecular weight is 422 g/mol. The summed E-state index contributed by atoms with van der Waals surface area (Å²) in [5, 5.41) is 7.26. The minimum Gasteiger partial charge on any atom is -0.364 e. The van der Waals surface area contributed by atoms with Crippen LogP contribution in [0.3, 0.4) is 0 Å². The van der Waals surface area contributed by atoms with Crippen molar-refractivity contribution in [2.45, 2.75) is 26.2 Å². The number of carbonyl (C=O) groups is 2. The van der Waals surface area contributed by atoms with Crippen molar-refractivity contribution in [1.29, 1.82) is 0 Å². The molecular weight excluding hydrogens is 399 g/mol. The zero-order valence-corrected chi connectivity index (χ0v) is 17.4. The lowest BCUT2D eigenvalue weighted by Gasteiger charge is -2.29. The number of nitrogens with one attached hydrogen (secondary N) is 1. The average Bonchev–Trinajstić information content (AvgIpc) is 3.20. The first-order chi connectivity index (χ1) is 15.0. The lowest BCUT2D eigenvalue weighted by Crippen LogP contribution is -2.36. The van der Waals surface area contributed by atoms with Gasteiger partial charge in [0.1, 0.15) is 12.5 Å². The molecule has 3 aromatic rings. The van der Waals surface area contributed by atoms with E-state index in [0.717, 1.165) is 16.9 Å². The van der Waals surface area contributed by atoms with Crippen LogP contribution in [0.25, 0.3) is 5.69 Å². The van der Waals surface area contributed by atoms with Crippen molar-refractivity contribution in [3.63, 3.8) is 0 Å². The van der Waals surface area contributed by atoms with E-state index in [1.165, 1.54) is 18.3 Å². The van der Waals surface area contributed by atoms with Gasteiger partial charge in [0.25, 0.3) is 5.91 Å². The van der Waals surface area contributed by atoms with Crippen molar-refractivity contribution < 1.29 is 18.7 Å². The fraction of sp³-hybridized carbons (Fsp3) is 0.261. The Bertz CT molecular complexity index is 1120. The van der Waals surface area contributed by atoms with E-state index < -0.39 is 0 Å². The normalized spacial score (nSPS) is 13.3. The molecule has 0 radical (unpaired) electrons. The first-order valence-electron chi connectivity index (χ1n) is 10.1. The molecule has 1 aromatic heterocycles. The van der Waals surface area contributed by atoms with Gasteiger partial charge in [0, 0.05) is 24.9 Å². The molecule has 4 rings (SSSR count).